The zero-order valence-corrected chi connectivity index (χ0v) is 11.0. The van der Waals surface area contributed by atoms with Crippen molar-refractivity contribution in [2.75, 3.05) is 18.1 Å². The first-order chi connectivity index (χ1) is 7.59. The molecule has 0 heterocycles. The highest BCUT2D eigenvalue weighted by atomic mass is 32.2. The molecule has 16 heavy (non-hydrogen) atoms. The van der Waals surface area contributed by atoms with Crippen LogP contribution < -0.4 is 0 Å². The Bertz CT molecular complexity index is 279. The van der Waals surface area contributed by atoms with E-state index in [9.17, 15) is 13.5 Å². The average molecular weight is 248 g/mol. The molecule has 4 heteroatoms. The molecular weight excluding hydrogens is 224 g/mol. The fourth-order valence-corrected chi connectivity index (χ4v) is 4.14. The van der Waals surface area contributed by atoms with Crippen LogP contribution in [-0.4, -0.2) is 31.6 Å². The summed E-state index contributed by atoms with van der Waals surface area (Å²) in [7, 11) is -2.88. The first kappa shape index (κ1) is 14.0. The predicted octanol–water partition coefficient (Wildman–Crippen LogP) is 2.00. The molecule has 0 amide bonds. The number of rotatable bonds is 7. The van der Waals surface area contributed by atoms with Crippen molar-refractivity contribution in [2.24, 2.45) is 11.8 Å². The van der Waals surface area contributed by atoms with Crippen LogP contribution in [0.4, 0.5) is 0 Å². The van der Waals surface area contributed by atoms with Crippen molar-refractivity contribution < 1.29 is 13.5 Å². The van der Waals surface area contributed by atoms with Crippen LogP contribution >= 0.6 is 0 Å². The van der Waals surface area contributed by atoms with Crippen LogP contribution in [0.25, 0.3) is 0 Å². The van der Waals surface area contributed by atoms with E-state index in [2.05, 4.69) is 0 Å². The highest BCUT2D eigenvalue weighted by Gasteiger charge is 2.25. The lowest BCUT2D eigenvalue weighted by atomic mass is 9.89. The fourth-order valence-electron chi connectivity index (χ4n) is 2.65. The van der Waals surface area contributed by atoms with Gasteiger partial charge >= 0.3 is 0 Å². The van der Waals surface area contributed by atoms with E-state index < -0.39 is 9.84 Å². The molecule has 0 aromatic rings. The van der Waals surface area contributed by atoms with Gasteiger partial charge in [0.2, 0.25) is 0 Å². The maximum Gasteiger partial charge on any atom is 0.150 e. The topological polar surface area (TPSA) is 54.4 Å². The third kappa shape index (κ3) is 4.42. The van der Waals surface area contributed by atoms with Gasteiger partial charge in [-0.2, -0.15) is 0 Å². The van der Waals surface area contributed by atoms with E-state index in [-0.39, 0.29) is 24.0 Å². The summed E-state index contributed by atoms with van der Waals surface area (Å²) in [5.74, 6) is 1.30. The molecule has 0 radical (unpaired) electrons. The van der Waals surface area contributed by atoms with Gasteiger partial charge in [-0.15, -0.1) is 0 Å². The lowest BCUT2D eigenvalue weighted by Crippen LogP contribution is -2.21. The van der Waals surface area contributed by atoms with Crippen molar-refractivity contribution in [3.05, 3.63) is 0 Å². The molecule has 1 saturated carbocycles. The molecule has 0 aromatic heterocycles. The van der Waals surface area contributed by atoms with Crippen molar-refractivity contribution >= 4 is 9.84 Å². The number of sulfone groups is 1. The van der Waals surface area contributed by atoms with E-state index >= 15 is 0 Å². The number of hydrogen-bond donors (Lipinski definition) is 1. The summed E-state index contributed by atoms with van der Waals surface area (Å²) in [5, 5.41) is 9.32. The molecule has 96 valence electrons. The normalized spacial score (nSPS) is 20.1. The Morgan fingerprint density at radius 2 is 1.88 bits per heavy atom. The van der Waals surface area contributed by atoms with Crippen LogP contribution in [0.5, 0.6) is 0 Å². The van der Waals surface area contributed by atoms with Gasteiger partial charge in [-0.3, -0.25) is 0 Å². The van der Waals surface area contributed by atoms with Crippen LogP contribution in [0, 0.1) is 11.8 Å². The molecule has 0 aromatic carbocycles. The van der Waals surface area contributed by atoms with Crippen molar-refractivity contribution in [3.8, 4) is 0 Å². The van der Waals surface area contributed by atoms with Gasteiger partial charge in [-0.05, 0) is 24.7 Å². The Hall–Kier alpha value is -0.0900. The molecule has 1 rings (SSSR count). The molecule has 1 unspecified atom stereocenters. The molecule has 0 spiro atoms. The first-order valence-corrected chi connectivity index (χ1v) is 8.22. The van der Waals surface area contributed by atoms with Crippen molar-refractivity contribution in [1.82, 2.24) is 0 Å². The number of aliphatic hydroxyl groups is 1. The van der Waals surface area contributed by atoms with Crippen LogP contribution in [0.3, 0.4) is 0 Å². The monoisotopic (exact) mass is 248 g/mol. The van der Waals surface area contributed by atoms with E-state index in [1.54, 1.807) is 0 Å². The molecule has 0 aliphatic heterocycles. The quantitative estimate of drug-likeness (QED) is 0.749. The smallest absolute Gasteiger partial charge is 0.150 e. The standard InChI is InChI=1S/C12H24O3S/c1-2-8-16(14,15)9-7-12(10-13)11-5-3-4-6-11/h11-13H,2-10H2,1H3. The molecule has 1 N–H and O–H groups in total. The van der Waals surface area contributed by atoms with E-state index in [1.807, 2.05) is 6.92 Å². The Morgan fingerprint density at radius 1 is 1.25 bits per heavy atom. The highest BCUT2D eigenvalue weighted by molar-refractivity contribution is 7.91. The highest BCUT2D eigenvalue weighted by Crippen LogP contribution is 2.33. The summed E-state index contributed by atoms with van der Waals surface area (Å²) in [6.07, 6.45) is 6.14. The third-order valence-electron chi connectivity index (χ3n) is 3.62. The minimum absolute atomic E-state index is 0.145. The second-order valence-electron chi connectivity index (χ2n) is 4.93. The van der Waals surface area contributed by atoms with Gasteiger partial charge in [0, 0.05) is 12.4 Å². The summed E-state index contributed by atoms with van der Waals surface area (Å²) in [6.45, 7) is 2.03. The summed E-state index contributed by atoms with van der Waals surface area (Å²) in [4.78, 5) is 0. The molecule has 0 bridgehead atoms. The minimum Gasteiger partial charge on any atom is -0.396 e. The van der Waals surface area contributed by atoms with Gasteiger partial charge in [0.15, 0.2) is 0 Å². The zero-order valence-electron chi connectivity index (χ0n) is 10.2. The molecular formula is C12H24O3S. The lowest BCUT2D eigenvalue weighted by molar-refractivity contribution is 0.173. The maximum absolute atomic E-state index is 11.6. The van der Waals surface area contributed by atoms with Crippen molar-refractivity contribution in [2.45, 2.75) is 45.4 Å². The second-order valence-corrected chi connectivity index (χ2v) is 7.23. The van der Waals surface area contributed by atoms with Crippen LogP contribution in [0.2, 0.25) is 0 Å². The molecule has 1 atom stereocenters. The summed E-state index contributed by atoms with van der Waals surface area (Å²) < 4.78 is 23.2. The molecule has 0 saturated heterocycles. The molecule has 1 aliphatic rings. The summed E-state index contributed by atoms with van der Waals surface area (Å²) >= 11 is 0. The van der Waals surface area contributed by atoms with Crippen LogP contribution in [-0.2, 0) is 9.84 Å². The fraction of sp³-hybridized carbons (Fsp3) is 1.00. The average Bonchev–Trinajstić information content (AvgIpc) is 2.72. The van der Waals surface area contributed by atoms with Gasteiger partial charge in [0.05, 0.1) is 5.75 Å². The summed E-state index contributed by atoms with van der Waals surface area (Å²) in [5.41, 5.74) is 0. The van der Waals surface area contributed by atoms with Gasteiger partial charge in [0.25, 0.3) is 0 Å². The zero-order chi connectivity index (χ0) is 12.0. The van der Waals surface area contributed by atoms with E-state index in [0.29, 0.717) is 18.8 Å². The van der Waals surface area contributed by atoms with Gasteiger partial charge in [0.1, 0.15) is 9.84 Å². The molecule has 1 aliphatic carbocycles. The Labute approximate surface area is 99.2 Å². The second kappa shape index (κ2) is 6.60. The van der Waals surface area contributed by atoms with E-state index in [0.717, 1.165) is 0 Å². The van der Waals surface area contributed by atoms with Gasteiger partial charge in [-0.25, -0.2) is 8.42 Å². The lowest BCUT2D eigenvalue weighted by Gasteiger charge is -2.20. The number of aliphatic hydroxyl groups excluding tert-OH is 1. The van der Waals surface area contributed by atoms with Crippen LogP contribution in [0.15, 0.2) is 0 Å². The largest absolute Gasteiger partial charge is 0.396 e. The van der Waals surface area contributed by atoms with E-state index in [4.69, 9.17) is 0 Å². The summed E-state index contributed by atoms with van der Waals surface area (Å²) in [6, 6.07) is 0. The SMILES string of the molecule is CCCS(=O)(=O)CCC(CO)C1CCCC1. The van der Waals surface area contributed by atoms with E-state index in [1.165, 1.54) is 25.7 Å². The van der Waals surface area contributed by atoms with Crippen LogP contribution in [0.1, 0.15) is 45.4 Å². The predicted molar refractivity (Wildman–Crippen MR) is 66.1 cm³/mol. The Kier molecular flexibility index (Phi) is 5.76. The van der Waals surface area contributed by atoms with Crippen molar-refractivity contribution in [3.63, 3.8) is 0 Å². The first-order valence-electron chi connectivity index (χ1n) is 6.40. The minimum atomic E-state index is -2.88. The Balaban J connectivity index is 2.39. The third-order valence-corrected chi connectivity index (χ3v) is 5.50. The Morgan fingerprint density at radius 3 is 2.38 bits per heavy atom. The molecule has 3 nitrogen and oxygen atoms in total. The number of hydrogen-bond acceptors (Lipinski definition) is 3. The molecule has 1 fully saturated rings. The van der Waals surface area contributed by atoms with Gasteiger partial charge < -0.3 is 5.11 Å². The van der Waals surface area contributed by atoms with Crippen molar-refractivity contribution in [1.29, 1.82) is 0 Å². The van der Waals surface area contributed by atoms with Gasteiger partial charge in [-0.1, -0.05) is 32.6 Å². The maximum atomic E-state index is 11.6.